The summed E-state index contributed by atoms with van der Waals surface area (Å²) in [6.07, 6.45) is 2.74. The molecule has 0 aliphatic heterocycles. The molecule has 0 saturated carbocycles. The highest BCUT2D eigenvalue weighted by Crippen LogP contribution is 2.59. The Morgan fingerprint density at radius 2 is 1.96 bits per heavy atom. The molecule has 1 aliphatic carbocycles. The van der Waals surface area contributed by atoms with Crippen molar-refractivity contribution in [3.63, 3.8) is 0 Å². The summed E-state index contributed by atoms with van der Waals surface area (Å²) in [5, 5.41) is 15.0. The Kier molecular flexibility index (Phi) is 8.93. The molecular weight excluding hydrogens is 359 g/mol. The van der Waals surface area contributed by atoms with Crippen molar-refractivity contribution in [2.24, 2.45) is 11.8 Å². The predicted octanol–water partition coefficient (Wildman–Crippen LogP) is 3.74. The van der Waals surface area contributed by atoms with Crippen LogP contribution < -0.4 is 5.32 Å². The lowest BCUT2D eigenvalue weighted by Crippen LogP contribution is -2.48. The summed E-state index contributed by atoms with van der Waals surface area (Å²) in [5.74, 6) is -0.291. The fourth-order valence-corrected chi connectivity index (χ4v) is 5.24. The molecule has 0 heterocycles. The highest BCUT2D eigenvalue weighted by molar-refractivity contribution is 7.58. The third-order valence-corrected chi connectivity index (χ3v) is 6.65. The monoisotopic (exact) mass is 390 g/mol. The molecule has 0 aromatic heterocycles. The second-order valence-electron chi connectivity index (χ2n) is 6.92. The van der Waals surface area contributed by atoms with E-state index in [-0.39, 0.29) is 48.3 Å². The maximum atomic E-state index is 13.0. The van der Waals surface area contributed by atoms with Gasteiger partial charge in [0.15, 0.2) is 0 Å². The number of amides is 1. The van der Waals surface area contributed by atoms with Gasteiger partial charge in [0, 0.05) is 29.6 Å². The van der Waals surface area contributed by atoms with Gasteiger partial charge in [0.2, 0.25) is 11.9 Å². The topological polar surface area (TPSA) is 108 Å². The van der Waals surface area contributed by atoms with Crippen LogP contribution in [0.3, 0.4) is 0 Å². The first-order valence-corrected chi connectivity index (χ1v) is 10.7. The van der Waals surface area contributed by atoms with Crippen LogP contribution >= 0.6 is 7.60 Å². The molecule has 1 rings (SSSR count). The van der Waals surface area contributed by atoms with Gasteiger partial charge in [0.25, 0.3) is 0 Å². The van der Waals surface area contributed by atoms with E-state index < -0.39 is 13.6 Å². The molecule has 0 fully saturated rings. The molecule has 0 spiro atoms. The zero-order valence-corrected chi connectivity index (χ0v) is 17.2. The van der Waals surface area contributed by atoms with Crippen molar-refractivity contribution in [2.75, 3.05) is 13.2 Å². The van der Waals surface area contributed by atoms with Crippen LogP contribution in [0.1, 0.15) is 53.9 Å². The van der Waals surface area contributed by atoms with Gasteiger partial charge in [0.1, 0.15) is 0 Å². The molecule has 26 heavy (non-hydrogen) atoms. The van der Waals surface area contributed by atoms with Crippen molar-refractivity contribution in [3.8, 4) is 0 Å². The Morgan fingerprint density at radius 1 is 1.38 bits per heavy atom. The van der Waals surface area contributed by atoms with Gasteiger partial charge in [-0.1, -0.05) is 19.9 Å². The molecule has 0 aromatic carbocycles. The molecular formula is C17H31N2O6P. The van der Waals surface area contributed by atoms with Crippen molar-refractivity contribution in [2.45, 2.75) is 66.0 Å². The minimum Gasteiger partial charge on any atom is -0.353 e. The summed E-state index contributed by atoms with van der Waals surface area (Å²) in [6, 6.07) is -1.25. The number of nitrogens with zero attached hydrogens (tertiary/aromatic N) is 1. The smallest absolute Gasteiger partial charge is 0.353 e. The van der Waals surface area contributed by atoms with E-state index in [9.17, 15) is 19.5 Å². The number of nitro groups is 1. The van der Waals surface area contributed by atoms with Gasteiger partial charge in [-0.2, -0.15) is 0 Å². The van der Waals surface area contributed by atoms with E-state index in [1.54, 1.807) is 19.9 Å². The quantitative estimate of drug-likeness (QED) is 0.346. The SMILES string of the molecule is CCOP(=O)(OCC)C1=CCC(C(CC(C)C)NC(C)=O)C([N+](=O)[O-])C1. The van der Waals surface area contributed by atoms with Gasteiger partial charge < -0.3 is 14.4 Å². The summed E-state index contributed by atoms with van der Waals surface area (Å²) in [6.45, 7) is 9.25. The lowest BCUT2D eigenvalue weighted by atomic mass is 9.80. The van der Waals surface area contributed by atoms with Crippen LogP contribution in [-0.2, 0) is 18.4 Å². The molecule has 0 saturated heterocycles. The van der Waals surface area contributed by atoms with E-state index in [0.717, 1.165) is 0 Å². The van der Waals surface area contributed by atoms with Crippen LogP contribution in [-0.4, -0.2) is 36.1 Å². The maximum absolute atomic E-state index is 13.0. The van der Waals surface area contributed by atoms with Gasteiger partial charge >= 0.3 is 7.60 Å². The van der Waals surface area contributed by atoms with Crippen molar-refractivity contribution >= 4 is 13.5 Å². The highest BCUT2D eigenvalue weighted by atomic mass is 31.2. The fourth-order valence-electron chi connectivity index (χ4n) is 3.42. The third kappa shape index (κ3) is 6.18. The van der Waals surface area contributed by atoms with Crippen molar-refractivity contribution in [1.29, 1.82) is 0 Å². The van der Waals surface area contributed by atoms with Crippen LogP contribution in [0.25, 0.3) is 0 Å². The number of carbonyl (C=O) groups is 1. The molecule has 3 atom stereocenters. The Hall–Kier alpha value is -1.24. The zero-order chi connectivity index (χ0) is 19.9. The van der Waals surface area contributed by atoms with E-state index in [0.29, 0.717) is 18.2 Å². The Labute approximate surface area is 155 Å². The maximum Gasteiger partial charge on any atom is 0.357 e. The second kappa shape index (κ2) is 10.2. The minimum atomic E-state index is -3.51. The van der Waals surface area contributed by atoms with E-state index in [2.05, 4.69) is 5.32 Å². The number of carbonyl (C=O) groups excluding carboxylic acids is 1. The normalized spacial score (nSPS) is 22.0. The largest absolute Gasteiger partial charge is 0.357 e. The molecule has 0 bridgehead atoms. The lowest BCUT2D eigenvalue weighted by molar-refractivity contribution is -0.533. The van der Waals surface area contributed by atoms with E-state index in [1.165, 1.54) is 6.92 Å². The first-order valence-electron chi connectivity index (χ1n) is 9.13. The Bertz CT molecular complexity index is 568. The predicted molar refractivity (Wildman–Crippen MR) is 99.5 cm³/mol. The van der Waals surface area contributed by atoms with Crippen LogP contribution in [0, 0.1) is 22.0 Å². The molecule has 8 nitrogen and oxygen atoms in total. The van der Waals surface area contributed by atoms with Crippen molar-refractivity contribution in [1.82, 2.24) is 5.32 Å². The van der Waals surface area contributed by atoms with Crippen LogP contribution in [0.15, 0.2) is 11.4 Å². The third-order valence-electron chi connectivity index (χ3n) is 4.39. The molecule has 1 amide bonds. The van der Waals surface area contributed by atoms with E-state index >= 15 is 0 Å². The zero-order valence-electron chi connectivity index (χ0n) is 16.3. The number of rotatable bonds is 10. The molecule has 0 radical (unpaired) electrons. The Balaban J connectivity index is 3.16. The molecule has 150 valence electrons. The van der Waals surface area contributed by atoms with Gasteiger partial charge in [-0.15, -0.1) is 0 Å². The highest BCUT2D eigenvalue weighted by Gasteiger charge is 2.45. The van der Waals surface area contributed by atoms with Gasteiger partial charge in [0.05, 0.1) is 19.1 Å². The van der Waals surface area contributed by atoms with Gasteiger partial charge in [-0.25, -0.2) is 0 Å². The second-order valence-corrected chi connectivity index (χ2v) is 9.01. The standard InChI is InChI=1S/C17H31N2O6P/c1-6-24-26(23,25-7-2)14-8-9-15(17(11-14)19(21)22)16(10-12(3)4)18-13(5)20/h8,12,15-17H,6-7,9-11H2,1-5H3,(H,18,20). The molecule has 1 aliphatic rings. The molecule has 0 aromatic rings. The van der Waals surface area contributed by atoms with Crippen LogP contribution in [0.5, 0.6) is 0 Å². The summed E-state index contributed by atoms with van der Waals surface area (Å²) < 4.78 is 23.6. The Morgan fingerprint density at radius 3 is 2.38 bits per heavy atom. The summed E-state index contributed by atoms with van der Waals surface area (Å²) >= 11 is 0. The average molecular weight is 390 g/mol. The summed E-state index contributed by atoms with van der Waals surface area (Å²) in [4.78, 5) is 23.0. The first kappa shape index (κ1) is 22.8. The van der Waals surface area contributed by atoms with Crippen LogP contribution in [0.4, 0.5) is 0 Å². The number of hydrogen-bond donors (Lipinski definition) is 1. The lowest BCUT2D eigenvalue weighted by Gasteiger charge is -2.34. The van der Waals surface area contributed by atoms with Crippen molar-refractivity contribution in [3.05, 3.63) is 21.5 Å². The van der Waals surface area contributed by atoms with Crippen molar-refractivity contribution < 1.29 is 23.3 Å². The van der Waals surface area contributed by atoms with Gasteiger partial charge in [-0.05, 0) is 32.6 Å². The number of nitrogens with one attached hydrogen (secondary N) is 1. The molecule has 1 N–H and O–H groups in total. The van der Waals surface area contributed by atoms with E-state index in [4.69, 9.17) is 9.05 Å². The number of allylic oxidation sites excluding steroid dienone is 1. The minimum absolute atomic E-state index is 0.00310. The first-order chi connectivity index (χ1) is 12.1. The van der Waals surface area contributed by atoms with E-state index in [1.807, 2.05) is 13.8 Å². The summed E-state index contributed by atoms with van der Waals surface area (Å²) in [7, 11) is -3.51. The fraction of sp³-hybridized carbons (Fsp3) is 0.824. The van der Waals surface area contributed by atoms with Crippen LogP contribution in [0.2, 0.25) is 0 Å². The molecule has 3 unspecified atom stereocenters. The average Bonchev–Trinajstić information content (AvgIpc) is 2.53. The molecule has 9 heteroatoms. The van der Waals surface area contributed by atoms with Gasteiger partial charge in [-0.3, -0.25) is 19.5 Å². The number of hydrogen-bond acceptors (Lipinski definition) is 6. The summed E-state index contributed by atoms with van der Waals surface area (Å²) in [5.41, 5.74) is 0.